The van der Waals surface area contributed by atoms with Gasteiger partial charge in [-0.2, -0.15) is 0 Å². The average molecular weight is 283 g/mol. The zero-order chi connectivity index (χ0) is 14.5. The fourth-order valence-corrected chi connectivity index (χ4v) is 2.13. The predicted molar refractivity (Wildman–Crippen MR) is 78.8 cm³/mol. The molecule has 0 atom stereocenters. The Morgan fingerprint density at radius 1 is 1.10 bits per heavy atom. The molecule has 0 saturated heterocycles. The standard InChI is InChI=1S/C15H17N5O/c1-19-9-6-17-14(19)15-18-7-10-20(15)8-3-11-21-13-4-2-5-16-12-13/h2,4-7,9-10,12H,3,8,11H2,1H3. The molecule has 0 aliphatic rings. The minimum absolute atomic E-state index is 0.643. The molecular weight excluding hydrogens is 266 g/mol. The molecule has 0 bridgehead atoms. The van der Waals surface area contributed by atoms with Gasteiger partial charge in [-0.3, -0.25) is 4.98 Å². The fraction of sp³-hybridized carbons (Fsp3) is 0.267. The summed E-state index contributed by atoms with van der Waals surface area (Å²) in [6.45, 7) is 1.48. The van der Waals surface area contributed by atoms with Crippen LogP contribution in [0, 0.1) is 0 Å². The normalized spacial score (nSPS) is 10.7. The zero-order valence-corrected chi connectivity index (χ0v) is 11.9. The van der Waals surface area contributed by atoms with Gasteiger partial charge < -0.3 is 13.9 Å². The van der Waals surface area contributed by atoms with Crippen molar-refractivity contribution in [1.29, 1.82) is 0 Å². The molecule has 3 aromatic rings. The van der Waals surface area contributed by atoms with E-state index in [4.69, 9.17) is 4.74 Å². The highest BCUT2D eigenvalue weighted by Gasteiger charge is 2.09. The smallest absolute Gasteiger partial charge is 0.176 e. The average Bonchev–Trinajstić information content (AvgIpc) is 3.13. The molecule has 0 aromatic carbocycles. The second-order valence-corrected chi connectivity index (χ2v) is 4.70. The van der Waals surface area contributed by atoms with Gasteiger partial charge in [0, 0.05) is 44.6 Å². The van der Waals surface area contributed by atoms with Crippen molar-refractivity contribution in [3.8, 4) is 17.4 Å². The Labute approximate surface area is 123 Å². The van der Waals surface area contributed by atoms with Crippen molar-refractivity contribution in [2.45, 2.75) is 13.0 Å². The molecule has 0 N–H and O–H groups in total. The third-order valence-electron chi connectivity index (χ3n) is 3.18. The second kappa shape index (κ2) is 6.21. The molecule has 3 heterocycles. The largest absolute Gasteiger partial charge is 0.492 e. The zero-order valence-electron chi connectivity index (χ0n) is 11.9. The summed E-state index contributed by atoms with van der Waals surface area (Å²) in [4.78, 5) is 12.7. The Morgan fingerprint density at radius 3 is 2.71 bits per heavy atom. The van der Waals surface area contributed by atoms with Crippen LogP contribution in [0.4, 0.5) is 0 Å². The molecular formula is C15H17N5O. The van der Waals surface area contributed by atoms with Crippen LogP contribution in [0.2, 0.25) is 0 Å². The lowest BCUT2D eigenvalue weighted by Crippen LogP contribution is -2.07. The molecule has 108 valence electrons. The molecule has 0 aliphatic heterocycles. The van der Waals surface area contributed by atoms with E-state index < -0.39 is 0 Å². The number of ether oxygens (including phenoxy) is 1. The van der Waals surface area contributed by atoms with Crippen LogP contribution < -0.4 is 4.74 Å². The van der Waals surface area contributed by atoms with Crippen LogP contribution >= 0.6 is 0 Å². The molecule has 3 rings (SSSR count). The van der Waals surface area contributed by atoms with E-state index in [9.17, 15) is 0 Å². The first-order valence-corrected chi connectivity index (χ1v) is 6.86. The van der Waals surface area contributed by atoms with Crippen molar-refractivity contribution in [3.05, 3.63) is 49.3 Å². The van der Waals surface area contributed by atoms with Gasteiger partial charge in [-0.05, 0) is 18.6 Å². The molecule has 0 unspecified atom stereocenters. The van der Waals surface area contributed by atoms with E-state index in [1.54, 1.807) is 24.8 Å². The van der Waals surface area contributed by atoms with Crippen molar-refractivity contribution in [1.82, 2.24) is 24.1 Å². The van der Waals surface area contributed by atoms with Crippen molar-refractivity contribution >= 4 is 0 Å². The Bertz CT molecular complexity index is 689. The number of pyridine rings is 1. The van der Waals surface area contributed by atoms with Crippen molar-refractivity contribution in [3.63, 3.8) is 0 Å². The molecule has 6 nitrogen and oxygen atoms in total. The highest BCUT2D eigenvalue weighted by Crippen LogP contribution is 2.15. The second-order valence-electron chi connectivity index (χ2n) is 4.70. The van der Waals surface area contributed by atoms with E-state index in [1.807, 2.05) is 36.1 Å². The number of hydrogen-bond acceptors (Lipinski definition) is 4. The molecule has 0 amide bonds. The Kier molecular flexibility index (Phi) is 3.95. The van der Waals surface area contributed by atoms with Gasteiger partial charge in [-0.25, -0.2) is 9.97 Å². The van der Waals surface area contributed by atoms with E-state index in [0.717, 1.165) is 30.4 Å². The van der Waals surface area contributed by atoms with Crippen molar-refractivity contribution in [2.75, 3.05) is 6.61 Å². The van der Waals surface area contributed by atoms with Gasteiger partial charge in [0.1, 0.15) is 5.75 Å². The van der Waals surface area contributed by atoms with Crippen molar-refractivity contribution < 1.29 is 4.74 Å². The number of rotatable bonds is 6. The lowest BCUT2D eigenvalue weighted by atomic mass is 10.4. The summed E-state index contributed by atoms with van der Waals surface area (Å²) < 4.78 is 9.70. The highest BCUT2D eigenvalue weighted by atomic mass is 16.5. The third kappa shape index (κ3) is 3.10. The van der Waals surface area contributed by atoms with Crippen LogP contribution in [0.5, 0.6) is 5.75 Å². The monoisotopic (exact) mass is 283 g/mol. The SMILES string of the molecule is Cn1ccnc1-c1nccn1CCCOc1cccnc1. The maximum Gasteiger partial charge on any atom is 0.176 e. The topological polar surface area (TPSA) is 57.8 Å². The summed E-state index contributed by atoms with van der Waals surface area (Å²) in [7, 11) is 1.97. The molecule has 0 aliphatic carbocycles. The lowest BCUT2D eigenvalue weighted by Gasteiger charge is -2.09. The Balaban J connectivity index is 1.57. The maximum absolute atomic E-state index is 5.64. The molecule has 0 saturated carbocycles. The first-order valence-electron chi connectivity index (χ1n) is 6.86. The van der Waals surface area contributed by atoms with Gasteiger partial charge >= 0.3 is 0 Å². The Hall–Kier alpha value is -2.63. The first-order chi connectivity index (χ1) is 10.3. The summed E-state index contributed by atoms with van der Waals surface area (Å²) in [5, 5.41) is 0. The van der Waals surface area contributed by atoms with E-state index in [-0.39, 0.29) is 0 Å². The summed E-state index contributed by atoms with van der Waals surface area (Å²) in [5.74, 6) is 2.55. The van der Waals surface area contributed by atoms with Gasteiger partial charge in [0.25, 0.3) is 0 Å². The molecule has 6 heteroatoms. The minimum Gasteiger partial charge on any atom is -0.492 e. The van der Waals surface area contributed by atoms with E-state index in [1.165, 1.54) is 0 Å². The van der Waals surface area contributed by atoms with E-state index in [2.05, 4.69) is 19.5 Å². The van der Waals surface area contributed by atoms with Crippen LogP contribution in [0.3, 0.4) is 0 Å². The van der Waals surface area contributed by atoms with Gasteiger partial charge in [0.05, 0.1) is 12.8 Å². The maximum atomic E-state index is 5.64. The number of nitrogens with zero attached hydrogens (tertiary/aromatic N) is 5. The molecule has 0 spiro atoms. The van der Waals surface area contributed by atoms with Gasteiger partial charge in [-0.1, -0.05) is 0 Å². The summed E-state index contributed by atoms with van der Waals surface area (Å²) in [6.07, 6.45) is 11.8. The van der Waals surface area contributed by atoms with Gasteiger partial charge in [0.2, 0.25) is 0 Å². The number of imidazole rings is 2. The summed E-state index contributed by atoms with van der Waals surface area (Å²) in [6, 6.07) is 3.77. The molecule has 21 heavy (non-hydrogen) atoms. The third-order valence-corrected chi connectivity index (χ3v) is 3.18. The first kappa shape index (κ1) is 13.4. The molecule has 0 fully saturated rings. The minimum atomic E-state index is 0.643. The van der Waals surface area contributed by atoms with E-state index in [0.29, 0.717) is 6.61 Å². The molecule has 3 aromatic heterocycles. The van der Waals surface area contributed by atoms with Crippen LogP contribution in [0.15, 0.2) is 49.3 Å². The summed E-state index contributed by atoms with van der Waals surface area (Å²) in [5.41, 5.74) is 0. The summed E-state index contributed by atoms with van der Waals surface area (Å²) >= 11 is 0. The quantitative estimate of drug-likeness (QED) is 0.650. The molecule has 0 radical (unpaired) electrons. The fourth-order valence-electron chi connectivity index (χ4n) is 2.13. The number of aryl methyl sites for hydroxylation is 2. The predicted octanol–water partition coefficient (Wildman–Crippen LogP) is 2.15. The van der Waals surface area contributed by atoms with Crippen molar-refractivity contribution in [2.24, 2.45) is 7.05 Å². The van der Waals surface area contributed by atoms with Gasteiger partial charge in [-0.15, -0.1) is 0 Å². The number of aromatic nitrogens is 5. The Morgan fingerprint density at radius 2 is 1.95 bits per heavy atom. The van der Waals surface area contributed by atoms with Crippen LogP contribution in [0.25, 0.3) is 11.6 Å². The van der Waals surface area contributed by atoms with E-state index >= 15 is 0 Å². The highest BCUT2D eigenvalue weighted by molar-refractivity contribution is 5.44. The lowest BCUT2D eigenvalue weighted by molar-refractivity contribution is 0.301. The van der Waals surface area contributed by atoms with Gasteiger partial charge in [0.15, 0.2) is 11.6 Å². The number of hydrogen-bond donors (Lipinski definition) is 0. The van der Waals surface area contributed by atoms with Crippen LogP contribution in [0.1, 0.15) is 6.42 Å². The van der Waals surface area contributed by atoms with Crippen LogP contribution in [-0.4, -0.2) is 30.7 Å². The van der Waals surface area contributed by atoms with Crippen LogP contribution in [-0.2, 0) is 13.6 Å².